The molecule has 90 valence electrons. The zero-order valence-electron chi connectivity index (χ0n) is 9.84. The predicted molar refractivity (Wildman–Crippen MR) is 64.8 cm³/mol. The van der Waals surface area contributed by atoms with Crippen molar-refractivity contribution in [2.75, 3.05) is 13.2 Å². The Morgan fingerprint density at radius 1 is 1.29 bits per heavy atom. The van der Waals surface area contributed by atoms with Crippen LogP contribution in [0.1, 0.15) is 17.3 Å². The lowest BCUT2D eigenvalue weighted by Crippen LogP contribution is -2.10. The van der Waals surface area contributed by atoms with E-state index in [-0.39, 0.29) is 18.0 Å². The zero-order chi connectivity index (χ0) is 12.1. The number of ketones is 1. The lowest BCUT2D eigenvalue weighted by molar-refractivity contribution is -0.00185. The molecular formula is C14H16O3. The van der Waals surface area contributed by atoms with Crippen LogP contribution in [0.2, 0.25) is 0 Å². The summed E-state index contributed by atoms with van der Waals surface area (Å²) in [7, 11) is 0. The van der Waals surface area contributed by atoms with Crippen LogP contribution in [-0.2, 0) is 9.47 Å². The van der Waals surface area contributed by atoms with E-state index < -0.39 is 0 Å². The van der Waals surface area contributed by atoms with Crippen LogP contribution < -0.4 is 0 Å². The Kier molecular flexibility index (Phi) is 4.07. The lowest BCUT2D eigenvalue weighted by atomic mass is 9.99. The van der Waals surface area contributed by atoms with Crippen LogP contribution in [0.4, 0.5) is 0 Å². The van der Waals surface area contributed by atoms with Gasteiger partial charge in [-0.15, -0.1) is 0 Å². The average molecular weight is 232 g/mol. The Morgan fingerprint density at radius 2 is 1.94 bits per heavy atom. The van der Waals surface area contributed by atoms with Crippen molar-refractivity contribution in [2.24, 2.45) is 5.92 Å². The van der Waals surface area contributed by atoms with Gasteiger partial charge in [0.2, 0.25) is 0 Å². The Balaban J connectivity index is 1.95. The van der Waals surface area contributed by atoms with Gasteiger partial charge in [0.1, 0.15) is 0 Å². The van der Waals surface area contributed by atoms with Crippen molar-refractivity contribution in [3.63, 3.8) is 0 Å². The van der Waals surface area contributed by atoms with Crippen molar-refractivity contribution in [3.05, 3.63) is 48.0 Å². The molecule has 2 rings (SSSR count). The summed E-state index contributed by atoms with van der Waals surface area (Å²) in [4.78, 5) is 12.0. The minimum atomic E-state index is -0.291. The second-order valence-corrected chi connectivity index (χ2v) is 4.01. The van der Waals surface area contributed by atoms with E-state index in [0.29, 0.717) is 13.2 Å². The largest absolute Gasteiger partial charge is 0.347 e. The molecule has 1 atom stereocenters. The quantitative estimate of drug-likeness (QED) is 0.591. The lowest BCUT2D eigenvalue weighted by Gasteiger charge is -2.07. The number of allylic oxidation sites excluding steroid dienone is 1. The molecular weight excluding hydrogens is 216 g/mol. The van der Waals surface area contributed by atoms with Gasteiger partial charge in [-0.2, -0.15) is 0 Å². The van der Waals surface area contributed by atoms with Gasteiger partial charge in [-0.25, -0.2) is 0 Å². The first-order chi connectivity index (χ1) is 8.27. The Labute approximate surface area is 101 Å². The van der Waals surface area contributed by atoms with E-state index >= 15 is 0 Å². The summed E-state index contributed by atoms with van der Waals surface area (Å²) >= 11 is 0. The first-order valence-corrected chi connectivity index (χ1v) is 5.78. The number of Topliss-reactive ketones (excluding diaryl/α,β-unsaturated/α-hetero) is 1. The molecule has 0 spiro atoms. The first-order valence-electron chi connectivity index (χ1n) is 5.78. The number of hydrogen-bond acceptors (Lipinski definition) is 3. The SMILES string of the molecule is CC(/C=C/C1OCCO1)C(=O)c1ccccc1. The van der Waals surface area contributed by atoms with Crippen molar-refractivity contribution in [2.45, 2.75) is 13.2 Å². The molecule has 1 fully saturated rings. The van der Waals surface area contributed by atoms with Crippen molar-refractivity contribution >= 4 is 5.78 Å². The highest BCUT2D eigenvalue weighted by molar-refractivity contribution is 5.98. The zero-order valence-corrected chi connectivity index (χ0v) is 9.84. The molecule has 1 aromatic rings. The Hall–Kier alpha value is -1.45. The van der Waals surface area contributed by atoms with Crippen LogP contribution in [0.15, 0.2) is 42.5 Å². The van der Waals surface area contributed by atoms with Crippen molar-refractivity contribution in [3.8, 4) is 0 Å². The van der Waals surface area contributed by atoms with Gasteiger partial charge in [0, 0.05) is 11.5 Å². The molecule has 0 aromatic heterocycles. The fourth-order valence-electron chi connectivity index (χ4n) is 1.70. The molecule has 0 N–H and O–H groups in total. The number of carbonyl (C=O) groups is 1. The van der Waals surface area contributed by atoms with Crippen LogP contribution in [0.5, 0.6) is 0 Å². The Morgan fingerprint density at radius 3 is 2.59 bits per heavy atom. The summed E-state index contributed by atoms with van der Waals surface area (Å²) < 4.78 is 10.5. The van der Waals surface area contributed by atoms with Crippen molar-refractivity contribution in [1.29, 1.82) is 0 Å². The summed E-state index contributed by atoms with van der Waals surface area (Å²) in [5, 5.41) is 0. The fourth-order valence-corrected chi connectivity index (χ4v) is 1.70. The van der Waals surface area contributed by atoms with E-state index in [9.17, 15) is 4.79 Å². The number of benzene rings is 1. The molecule has 1 unspecified atom stereocenters. The molecule has 1 aliphatic heterocycles. The monoisotopic (exact) mass is 232 g/mol. The number of hydrogen-bond donors (Lipinski definition) is 0. The van der Waals surface area contributed by atoms with Crippen LogP contribution in [0.3, 0.4) is 0 Å². The number of rotatable bonds is 4. The highest BCUT2D eigenvalue weighted by atomic mass is 16.7. The third-order valence-electron chi connectivity index (χ3n) is 2.68. The topological polar surface area (TPSA) is 35.5 Å². The van der Waals surface area contributed by atoms with Crippen LogP contribution in [0.25, 0.3) is 0 Å². The van der Waals surface area contributed by atoms with Crippen molar-refractivity contribution in [1.82, 2.24) is 0 Å². The maximum Gasteiger partial charge on any atom is 0.177 e. The van der Waals surface area contributed by atoms with Gasteiger partial charge in [-0.1, -0.05) is 43.3 Å². The summed E-state index contributed by atoms with van der Waals surface area (Å²) in [6.45, 7) is 3.12. The highest BCUT2D eigenvalue weighted by Crippen LogP contribution is 2.12. The molecule has 1 heterocycles. The molecule has 0 radical (unpaired) electrons. The minimum absolute atomic E-state index is 0.111. The fraction of sp³-hybridized carbons (Fsp3) is 0.357. The average Bonchev–Trinajstić information content (AvgIpc) is 2.89. The van der Waals surface area contributed by atoms with E-state index in [0.717, 1.165) is 5.56 Å². The van der Waals surface area contributed by atoms with Crippen LogP contribution in [0, 0.1) is 5.92 Å². The van der Waals surface area contributed by atoms with Crippen molar-refractivity contribution < 1.29 is 14.3 Å². The first kappa shape index (κ1) is 12.0. The molecule has 1 aliphatic rings. The normalized spacial score (nSPS) is 18.6. The molecule has 1 aromatic carbocycles. The minimum Gasteiger partial charge on any atom is -0.347 e. The molecule has 3 nitrogen and oxygen atoms in total. The van der Waals surface area contributed by atoms with Gasteiger partial charge < -0.3 is 9.47 Å². The van der Waals surface area contributed by atoms with Gasteiger partial charge in [-0.05, 0) is 6.08 Å². The molecule has 17 heavy (non-hydrogen) atoms. The number of carbonyl (C=O) groups excluding carboxylic acids is 1. The van der Waals surface area contributed by atoms with E-state index in [2.05, 4.69) is 0 Å². The van der Waals surface area contributed by atoms with E-state index in [1.165, 1.54) is 0 Å². The molecule has 1 saturated heterocycles. The standard InChI is InChI=1S/C14H16O3/c1-11(7-8-13-16-9-10-17-13)14(15)12-5-3-2-4-6-12/h2-8,11,13H,9-10H2,1H3/b8-7+. The molecule has 0 amide bonds. The summed E-state index contributed by atoms with van der Waals surface area (Å²) in [6, 6.07) is 9.29. The molecule has 0 saturated carbocycles. The van der Waals surface area contributed by atoms with Gasteiger partial charge >= 0.3 is 0 Å². The third kappa shape index (κ3) is 3.25. The molecule has 3 heteroatoms. The maximum absolute atomic E-state index is 12.0. The smallest absolute Gasteiger partial charge is 0.177 e. The third-order valence-corrected chi connectivity index (χ3v) is 2.68. The summed E-state index contributed by atoms with van der Waals surface area (Å²) in [5.74, 6) is -0.0509. The molecule has 0 aliphatic carbocycles. The van der Waals surface area contributed by atoms with Gasteiger partial charge in [0.15, 0.2) is 12.1 Å². The highest BCUT2D eigenvalue weighted by Gasteiger charge is 2.15. The Bertz CT molecular complexity index is 391. The summed E-state index contributed by atoms with van der Waals surface area (Å²) in [6.07, 6.45) is 3.35. The van der Waals surface area contributed by atoms with Gasteiger partial charge in [0.05, 0.1) is 13.2 Å². The van der Waals surface area contributed by atoms with Crippen LogP contribution in [-0.4, -0.2) is 25.3 Å². The molecule has 0 bridgehead atoms. The summed E-state index contributed by atoms with van der Waals surface area (Å²) in [5.41, 5.74) is 0.734. The van der Waals surface area contributed by atoms with E-state index in [1.54, 1.807) is 6.08 Å². The maximum atomic E-state index is 12.0. The van der Waals surface area contributed by atoms with Gasteiger partial charge in [-0.3, -0.25) is 4.79 Å². The van der Waals surface area contributed by atoms with E-state index in [1.807, 2.05) is 43.3 Å². The van der Waals surface area contributed by atoms with Crippen LogP contribution >= 0.6 is 0 Å². The second-order valence-electron chi connectivity index (χ2n) is 4.01. The van der Waals surface area contributed by atoms with Gasteiger partial charge in [0.25, 0.3) is 0 Å². The van der Waals surface area contributed by atoms with E-state index in [4.69, 9.17) is 9.47 Å². The second kappa shape index (κ2) is 5.75. The number of ether oxygens (including phenoxy) is 2. The predicted octanol–water partition coefficient (Wildman–Crippen LogP) is 2.43.